The van der Waals surface area contributed by atoms with Gasteiger partial charge in [-0.25, -0.2) is 13.2 Å². The van der Waals surface area contributed by atoms with E-state index in [0.717, 1.165) is 0 Å². The summed E-state index contributed by atoms with van der Waals surface area (Å²) in [6.45, 7) is 2.51. The van der Waals surface area contributed by atoms with Crippen molar-refractivity contribution in [2.24, 2.45) is 0 Å². The first-order valence-electron chi connectivity index (χ1n) is 6.15. The second-order valence-electron chi connectivity index (χ2n) is 4.31. The maximum absolute atomic E-state index is 14.0. The van der Waals surface area contributed by atoms with Gasteiger partial charge in [0.25, 0.3) is 0 Å². The molecule has 0 saturated heterocycles. The minimum absolute atomic E-state index is 0.00875. The summed E-state index contributed by atoms with van der Waals surface area (Å²) in [4.78, 5) is 1.77. The molecule has 0 aliphatic carbocycles. The number of anilines is 1. The fourth-order valence-corrected chi connectivity index (χ4v) is 2.31. The van der Waals surface area contributed by atoms with Crippen LogP contribution in [0.3, 0.4) is 0 Å². The lowest BCUT2D eigenvalue weighted by molar-refractivity contribution is 0.547. The molecule has 0 atom stereocenters. The molecule has 0 aliphatic heterocycles. The molecule has 0 aromatic heterocycles. The van der Waals surface area contributed by atoms with Gasteiger partial charge in [0.05, 0.1) is 4.47 Å². The fourth-order valence-electron chi connectivity index (χ4n) is 1.94. The van der Waals surface area contributed by atoms with Crippen LogP contribution in [-0.2, 0) is 6.54 Å². The number of rotatable bonds is 4. The normalized spacial score (nSPS) is 10.7. The first-order chi connectivity index (χ1) is 9.52. The third-order valence-corrected chi connectivity index (χ3v) is 3.67. The summed E-state index contributed by atoms with van der Waals surface area (Å²) in [5.74, 6) is -1.54. The Morgan fingerprint density at radius 2 is 1.65 bits per heavy atom. The van der Waals surface area contributed by atoms with Crippen LogP contribution in [0.25, 0.3) is 0 Å². The van der Waals surface area contributed by atoms with Crippen LogP contribution in [0, 0.1) is 17.5 Å². The van der Waals surface area contributed by atoms with Crippen molar-refractivity contribution in [3.63, 3.8) is 0 Å². The average Bonchev–Trinajstić information content (AvgIpc) is 2.45. The van der Waals surface area contributed by atoms with Gasteiger partial charge in [-0.2, -0.15) is 0 Å². The van der Waals surface area contributed by atoms with Crippen LogP contribution in [0.15, 0.2) is 40.9 Å². The maximum Gasteiger partial charge on any atom is 0.145 e. The van der Waals surface area contributed by atoms with E-state index in [1.165, 1.54) is 24.3 Å². The van der Waals surface area contributed by atoms with Crippen molar-refractivity contribution in [1.82, 2.24) is 0 Å². The first kappa shape index (κ1) is 14.9. The van der Waals surface area contributed by atoms with Crippen LogP contribution in [0.5, 0.6) is 0 Å². The molecule has 2 rings (SSSR count). The molecule has 0 spiro atoms. The highest BCUT2D eigenvalue weighted by Gasteiger charge is 2.15. The molecular weight excluding hydrogens is 331 g/mol. The molecule has 0 N–H and O–H groups in total. The maximum atomic E-state index is 14.0. The third kappa shape index (κ3) is 3.15. The van der Waals surface area contributed by atoms with Gasteiger partial charge in [0.2, 0.25) is 0 Å². The zero-order valence-corrected chi connectivity index (χ0v) is 12.4. The third-order valence-electron chi connectivity index (χ3n) is 3.06. The molecule has 0 saturated carbocycles. The van der Waals surface area contributed by atoms with Gasteiger partial charge in [-0.3, -0.25) is 0 Å². The molecule has 0 unspecified atom stereocenters. The van der Waals surface area contributed by atoms with E-state index in [9.17, 15) is 13.2 Å². The molecule has 0 aliphatic rings. The standard InChI is InChI=1S/C15H13BrF3N/c1-2-20(11-5-3-10(17)4-6-11)9-12-14(18)8-7-13(16)15(12)19/h3-8H,2,9H2,1H3. The van der Waals surface area contributed by atoms with Crippen molar-refractivity contribution in [3.05, 3.63) is 63.9 Å². The first-order valence-corrected chi connectivity index (χ1v) is 6.95. The van der Waals surface area contributed by atoms with Gasteiger partial charge < -0.3 is 4.90 Å². The Bertz CT molecular complexity index is 599. The molecule has 106 valence electrons. The summed E-state index contributed by atoms with van der Waals surface area (Å²) in [7, 11) is 0. The van der Waals surface area contributed by atoms with E-state index in [-0.39, 0.29) is 22.4 Å². The molecular formula is C15H13BrF3N. The lowest BCUT2D eigenvalue weighted by Crippen LogP contribution is -2.23. The predicted molar refractivity (Wildman–Crippen MR) is 77.2 cm³/mol. The molecule has 0 heterocycles. The Kier molecular flexibility index (Phi) is 4.70. The molecule has 5 heteroatoms. The monoisotopic (exact) mass is 343 g/mol. The van der Waals surface area contributed by atoms with E-state index in [4.69, 9.17) is 0 Å². The molecule has 1 nitrogen and oxygen atoms in total. The van der Waals surface area contributed by atoms with Crippen LogP contribution in [0.2, 0.25) is 0 Å². The van der Waals surface area contributed by atoms with Gasteiger partial charge in [0, 0.05) is 24.3 Å². The van der Waals surface area contributed by atoms with E-state index in [1.807, 2.05) is 6.92 Å². The molecule has 0 bridgehead atoms. The average molecular weight is 344 g/mol. The fraction of sp³-hybridized carbons (Fsp3) is 0.200. The van der Waals surface area contributed by atoms with Crippen LogP contribution >= 0.6 is 15.9 Å². The van der Waals surface area contributed by atoms with Gasteiger partial charge in [0.1, 0.15) is 17.5 Å². The molecule has 20 heavy (non-hydrogen) atoms. The van der Waals surface area contributed by atoms with Gasteiger partial charge in [-0.15, -0.1) is 0 Å². The minimum atomic E-state index is -0.606. The summed E-state index contributed by atoms with van der Waals surface area (Å²) < 4.78 is 40.9. The van der Waals surface area contributed by atoms with Crippen molar-refractivity contribution in [1.29, 1.82) is 0 Å². The molecule has 2 aromatic carbocycles. The second-order valence-corrected chi connectivity index (χ2v) is 5.17. The SMILES string of the molecule is CCN(Cc1c(F)ccc(Br)c1F)c1ccc(F)cc1. The Hall–Kier alpha value is -1.49. The van der Waals surface area contributed by atoms with Gasteiger partial charge in [-0.05, 0) is 59.3 Å². The summed E-state index contributed by atoms with van der Waals surface area (Å²) in [5.41, 5.74) is 0.707. The smallest absolute Gasteiger partial charge is 0.145 e. The van der Waals surface area contributed by atoms with Crippen LogP contribution in [0.1, 0.15) is 12.5 Å². The summed E-state index contributed by atoms with van der Waals surface area (Å²) in [6.07, 6.45) is 0. The van der Waals surface area contributed by atoms with Crippen molar-refractivity contribution in [2.45, 2.75) is 13.5 Å². The number of benzene rings is 2. The zero-order chi connectivity index (χ0) is 14.7. The van der Waals surface area contributed by atoms with Crippen molar-refractivity contribution in [3.8, 4) is 0 Å². The van der Waals surface area contributed by atoms with Crippen molar-refractivity contribution < 1.29 is 13.2 Å². The summed E-state index contributed by atoms with van der Waals surface area (Å²) in [5, 5.41) is 0. The Balaban J connectivity index is 2.31. The summed E-state index contributed by atoms with van der Waals surface area (Å²) >= 11 is 3.05. The number of nitrogens with zero attached hydrogens (tertiary/aromatic N) is 1. The molecule has 2 aromatic rings. The van der Waals surface area contributed by atoms with E-state index in [2.05, 4.69) is 15.9 Å². The number of hydrogen-bond donors (Lipinski definition) is 0. The van der Waals surface area contributed by atoms with E-state index >= 15 is 0 Å². The Morgan fingerprint density at radius 1 is 1.00 bits per heavy atom. The predicted octanol–water partition coefficient (Wildman–Crippen LogP) is 4.89. The van der Waals surface area contributed by atoms with E-state index in [1.54, 1.807) is 17.0 Å². The van der Waals surface area contributed by atoms with Gasteiger partial charge in [0.15, 0.2) is 0 Å². The van der Waals surface area contributed by atoms with Crippen molar-refractivity contribution in [2.75, 3.05) is 11.4 Å². The Labute approximate surface area is 124 Å². The summed E-state index contributed by atoms with van der Waals surface area (Å²) in [6, 6.07) is 8.39. The molecule has 0 amide bonds. The highest BCUT2D eigenvalue weighted by molar-refractivity contribution is 9.10. The second kappa shape index (κ2) is 6.31. The van der Waals surface area contributed by atoms with E-state index in [0.29, 0.717) is 12.2 Å². The number of halogens is 4. The highest BCUT2D eigenvalue weighted by atomic mass is 79.9. The topological polar surface area (TPSA) is 3.24 Å². The minimum Gasteiger partial charge on any atom is -0.367 e. The van der Waals surface area contributed by atoms with Gasteiger partial charge >= 0.3 is 0 Å². The lowest BCUT2D eigenvalue weighted by Gasteiger charge is -2.24. The number of hydrogen-bond acceptors (Lipinski definition) is 1. The van der Waals surface area contributed by atoms with Crippen LogP contribution in [-0.4, -0.2) is 6.54 Å². The van der Waals surface area contributed by atoms with Crippen LogP contribution < -0.4 is 4.90 Å². The molecule has 0 radical (unpaired) electrons. The largest absolute Gasteiger partial charge is 0.367 e. The lowest BCUT2D eigenvalue weighted by atomic mass is 10.1. The van der Waals surface area contributed by atoms with Gasteiger partial charge in [-0.1, -0.05) is 0 Å². The highest BCUT2D eigenvalue weighted by Crippen LogP contribution is 2.25. The zero-order valence-electron chi connectivity index (χ0n) is 10.8. The Morgan fingerprint density at radius 3 is 2.25 bits per heavy atom. The van der Waals surface area contributed by atoms with Crippen LogP contribution in [0.4, 0.5) is 18.9 Å². The quantitative estimate of drug-likeness (QED) is 0.714. The molecule has 0 fully saturated rings. The van der Waals surface area contributed by atoms with Crippen molar-refractivity contribution >= 4 is 21.6 Å². The van der Waals surface area contributed by atoms with E-state index < -0.39 is 11.6 Å².